The number of carbonyl (C=O) groups is 1. The molecule has 0 aliphatic carbocycles. The van der Waals surface area contributed by atoms with Gasteiger partial charge in [0.1, 0.15) is 5.69 Å². The van der Waals surface area contributed by atoms with Crippen molar-refractivity contribution in [3.05, 3.63) is 11.9 Å². The van der Waals surface area contributed by atoms with E-state index in [9.17, 15) is 4.79 Å². The van der Waals surface area contributed by atoms with Crippen LogP contribution in [-0.4, -0.2) is 30.5 Å². The zero-order valence-electron chi connectivity index (χ0n) is 6.37. The molecule has 1 aromatic heterocycles. The van der Waals surface area contributed by atoms with Crippen molar-refractivity contribution in [3.8, 4) is 0 Å². The third-order valence-corrected chi connectivity index (χ3v) is 1.42. The molecule has 0 spiro atoms. The van der Waals surface area contributed by atoms with E-state index in [0.29, 0.717) is 11.4 Å². The van der Waals surface area contributed by atoms with Crippen molar-refractivity contribution in [2.45, 2.75) is 0 Å². The van der Waals surface area contributed by atoms with Crippen molar-refractivity contribution < 1.29 is 9.53 Å². The van der Waals surface area contributed by atoms with Gasteiger partial charge in [-0.1, -0.05) is 0 Å². The van der Waals surface area contributed by atoms with Gasteiger partial charge in [-0.25, -0.2) is 4.79 Å². The molecule has 0 atom stereocenters. The number of rotatable bonds is 1. The molecule has 0 bridgehead atoms. The molecule has 1 aromatic rings. The average Bonchev–Trinajstić information content (AvgIpc) is 2.32. The lowest BCUT2D eigenvalue weighted by molar-refractivity contribution is 0.0590. The number of carbonyl (C=O) groups excluding carboxylic acids is 1. The minimum Gasteiger partial charge on any atom is -0.464 e. The Kier molecular flexibility index (Phi) is 1.98. The second kappa shape index (κ2) is 2.78. The van der Waals surface area contributed by atoms with Crippen molar-refractivity contribution >= 4 is 19.5 Å². The van der Waals surface area contributed by atoms with Crippen molar-refractivity contribution in [1.29, 1.82) is 0 Å². The van der Waals surface area contributed by atoms with Gasteiger partial charge < -0.3 is 9.30 Å². The van der Waals surface area contributed by atoms with E-state index in [0.717, 1.165) is 0 Å². The first-order valence-corrected chi connectivity index (χ1v) is 3.02. The van der Waals surface area contributed by atoms with Crippen LogP contribution >= 0.6 is 0 Å². The predicted molar refractivity (Wildman–Crippen MR) is 39.9 cm³/mol. The monoisotopic (exact) mass is 150 g/mol. The van der Waals surface area contributed by atoms with Gasteiger partial charge in [0.25, 0.3) is 0 Å². The van der Waals surface area contributed by atoms with Crippen LogP contribution in [0.3, 0.4) is 0 Å². The fraction of sp³-hybridized carbons (Fsp3) is 0.333. The Morgan fingerprint density at radius 1 is 1.82 bits per heavy atom. The molecular formula is C6H7BN2O2. The molecule has 1 rings (SSSR count). The minimum absolute atomic E-state index is 0.297. The molecule has 4 nitrogen and oxygen atoms in total. The molecule has 0 amide bonds. The second-order valence-corrected chi connectivity index (χ2v) is 2.05. The summed E-state index contributed by atoms with van der Waals surface area (Å²) in [7, 11) is 8.34. The number of methoxy groups -OCH3 is 1. The molecule has 0 aromatic carbocycles. The largest absolute Gasteiger partial charge is 0.464 e. The molecule has 0 unspecified atom stereocenters. The molecule has 0 aliphatic heterocycles. The van der Waals surface area contributed by atoms with E-state index in [1.165, 1.54) is 17.9 Å². The highest BCUT2D eigenvalue weighted by Crippen LogP contribution is 1.95. The zero-order valence-corrected chi connectivity index (χ0v) is 6.37. The molecule has 5 heteroatoms. The highest BCUT2D eigenvalue weighted by molar-refractivity contribution is 6.29. The lowest BCUT2D eigenvalue weighted by Gasteiger charge is -2.00. The molecule has 0 N–H and O–H groups in total. The maximum absolute atomic E-state index is 10.9. The van der Waals surface area contributed by atoms with Crippen molar-refractivity contribution in [2.75, 3.05) is 7.11 Å². The third-order valence-electron chi connectivity index (χ3n) is 1.42. The van der Waals surface area contributed by atoms with Gasteiger partial charge >= 0.3 is 5.97 Å². The van der Waals surface area contributed by atoms with Gasteiger partial charge in [-0.2, -0.15) is 0 Å². The smallest absolute Gasteiger partial charge is 0.356 e. The fourth-order valence-corrected chi connectivity index (χ4v) is 0.718. The van der Waals surface area contributed by atoms with Gasteiger partial charge in [-0.3, -0.25) is 4.98 Å². The highest BCUT2D eigenvalue weighted by atomic mass is 16.5. The van der Waals surface area contributed by atoms with Crippen LogP contribution < -0.4 is 5.72 Å². The Bertz CT molecular complexity index is 282. The minimum atomic E-state index is -0.434. The summed E-state index contributed by atoms with van der Waals surface area (Å²) in [6, 6.07) is 0. The number of hydrogen-bond donors (Lipinski definition) is 0. The van der Waals surface area contributed by atoms with E-state index >= 15 is 0 Å². The summed E-state index contributed by atoms with van der Waals surface area (Å²) in [5.41, 5.74) is 0.649. The Labute approximate surface area is 65.6 Å². The molecule has 0 saturated carbocycles. The average molecular weight is 150 g/mol. The molecule has 0 saturated heterocycles. The van der Waals surface area contributed by atoms with Gasteiger partial charge in [-0.05, 0) is 0 Å². The number of hydrogen-bond acceptors (Lipinski definition) is 3. The first-order valence-electron chi connectivity index (χ1n) is 3.02. The Hall–Kier alpha value is -1.26. The molecular weight excluding hydrogens is 143 g/mol. The van der Waals surface area contributed by atoms with Crippen LogP contribution in [0, 0.1) is 0 Å². The van der Waals surface area contributed by atoms with Crippen LogP contribution in [0.1, 0.15) is 10.5 Å². The molecule has 0 aliphatic rings. The number of esters is 1. The number of imidazole rings is 1. The van der Waals surface area contributed by atoms with E-state index in [1.54, 1.807) is 7.05 Å². The van der Waals surface area contributed by atoms with E-state index in [-0.39, 0.29) is 0 Å². The molecule has 56 valence electrons. The molecule has 1 heterocycles. The number of ether oxygens (including phenoxy) is 1. The van der Waals surface area contributed by atoms with E-state index in [2.05, 4.69) is 9.72 Å². The van der Waals surface area contributed by atoms with E-state index in [1.807, 2.05) is 0 Å². The zero-order chi connectivity index (χ0) is 8.43. The van der Waals surface area contributed by atoms with Crippen molar-refractivity contribution in [2.24, 2.45) is 7.05 Å². The number of nitrogens with zero attached hydrogens (tertiary/aromatic N) is 2. The summed E-state index contributed by atoms with van der Waals surface area (Å²) >= 11 is 0. The number of aromatic nitrogens is 2. The lowest BCUT2D eigenvalue weighted by atomic mass is 10.1. The summed E-state index contributed by atoms with van der Waals surface area (Å²) < 4.78 is 5.94. The van der Waals surface area contributed by atoms with Gasteiger partial charge in [0.05, 0.1) is 13.3 Å². The summed E-state index contributed by atoms with van der Waals surface area (Å²) in [6.45, 7) is 0. The van der Waals surface area contributed by atoms with Crippen LogP contribution in [0.4, 0.5) is 0 Å². The first kappa shape index (κ1) is 7.85. The summed E-state index contributed by atoms with van der Waals surface area (Å²) in [4.78, 5) is 14.6. The van der Waals surface area contributed by atoms with Gasteiger partial charge in [0.2, 0.25) is 0 Å². The molecule has 11 heavy (non-hydrogen) atoms. The second-order valence-electron chi connectivity index (χ2n) is 2.05. The van der Waals surface area contributed by atoms with Crippen LogP contribution in [0.15, 0.2) is 6.20 Å². The Morgan fingerprint density at radius 2 is 2.45 bits per heavy atom. The lowest BCUT2D eigenvalue weighted by Crippen LogP contribution is -2.19. The van der Waals surface area contributed by atoms with E-state index in [4.69, 9.17) is 7.85 Å². The third kappa shape index (κ3) is 1.26. The van der Waals surface area contributed by atoms with E-state index < -0.39 is 5.97 Å². The van der Waals surface area contributed by atoms with Crippen molar-refractivity contribution in [1.82, 2.24) is 9.55 Å². The predicted octanol–water partition coefficient (Wildman–Crippen LogP) is -1.000. The SMILES string of the molecule is [B]c1ncc(C(=O)OC)n1C. The maximum Gasteiger partial charge on any atom is 0.356 e. The Balaban J connectivity index is 3.04. The highest BCUT2D eigenvalue weighted by Gasteiger charge is 2.10. The summed E-state index contributed by atoms with van der Waals surface area (Å²) in [6.07, 6.45) is 1.38. The Morgan fingerprint density at radius 3 is 2.82 bits per heavy atom. The van der Waals surface area contributed by atoms with Crippen LogP contribution in [0.5, 0.6) is 0 Å². The van der Waals surface area contributed by atoms with Crippen LogP contribution in [0.25, 0.3) is 0 Å². The summed E-state index contributed by atoms with van der Waals surface area (Å²) in [5.74, 6) is -0.434. The summed E-state index contributed by atoms with van der Waals surface area (Å²) in [5, 5.41) is 0. The topological polar surface area (TPSA) is 44.1 Å². The fourth-order valence-electron chi connectivity index (χ4n) is 0.718. The van der Waals surface area contributed by atoms with Crippen LogP contribution in [-0.2, 0) is 11.8 Å². The normalized spacial score (nSPS) is 9.64. The molecule has 0 fully saturated rings. The quantitative estimate of drug-likeness (QED) is 0.381. The standard InChI is InChI=1S/C6H7BN2O2/c1-9-4(5(10)11-2)3-8-6(9)7/h3H,1-2H3. The van der Waals surface area contributed by atoms with Crippen molar-refractivity contribution in [3.63, 3.8) is 0 Å². The van der Waals surface area contributed by atoms with Gasteiger partial charge in [0, 0.05) is 12.8 Å². The van der Waals surface area contributed by atoms with Gasteiger partial charge in [0.15, 0.2) is 7.85 Å². The first-order chi connectivity index (χ1) is 5.16. The molecule has 2 radical (unpaired) electrons. The van der Waals surface area contributed by atoms with Gasteiger partial charge in [-0.15, -0.1) is 0 Å². The maximum atomic E-state index is 10.9. The van der Waals surface area contributed by atoms with Crippen LogP contribution in [0.2, 0.25) is 0 Å².